The number of rotatable bonds is 5. The lowest BCUT2D eigenvalue weighted by Gasteiger charge is -2.39. The Hall–Kier alpha value is -1.59. The van der Waals surface area contributed by atoms with E-state index in [1.54, 1.807) is 0 Å². The maximum absolute atomic E-state index is 13.1. The zero-order chi connectivity index (χ0) is 18.9. The van der Waals surface area contributed by atoms with Crippen LogP contribution in [0.4, 0.5) is 0 Å². The molecular weight excluding hydrogens is 342 g/mol. The van der Waals surface area contributed by atoms with Gasteiger partial charge in [-0.05, 0) is 50.9 Å². The highest BCUT2D eigenvalue weighted by Gasteiger charge is 2.49. The predicted octanol–water partition coefficient (Wildman–Crippen LogP) is 2.03. The zero-order valence-corrected chi connectivity index (χ0v) is 16.5. The van der Waals surface area contributed by atoms with Crippen LogP contribution >= 0.6 is 0 Å². The molecule has 1 atom stereocenters. The summed E-state index contributed by atoms with van der Waals surface area (Å²) in [5.41, 5.74) is -0.332. The minimum Gasteiger partial charge on any atom is -0.342 e. The quantitative estimate of drug-likeness (QED) is 0.739. The summed E-state index contributed by atoms with van der Waals surface area (Å²) in [6.45, 7) is 4.40. The highest BCUT2D eigenvalue weighted by atomic mass is 16.2. The van der Waals surface area contributed by atoms with Crippen molar-refractivity contribution in [1.82, 2.24) is 14.7 Å². The number of carbonyl (C=O) groups is 3. The molecule has 0 N–H and O–H groups in total. The van der Waals surface area contributed by atoms with Crippen LogP contribution < -0.4 is 0 Å². The van der Waals surface area contributed by atoms with E-state index < -0.39 is 0 Å². The van der Waals surface area contributed by atoms with E-state index >= 15 is 0 Å². The van der Waals surface area contributed by atoms with Crippen LogP contribution in [0.2, 0.25) is 0 Å². The van der Waals surface area contributed by atoms with E-state index in [9.17, 15) is 14.4 Å². The minimum atomic E-state index is -0.332. The molecule has 0 aromatic heterocycles. The van der Waals surface area contributed by atoms with Gasteiger partial charge in [0.1, 0.15) is 0 Å². The summed E-state index contributed by atoms with van der Waals surface area (Å²) < 4.78 is 0. The summed E-state index contributed by atoms with van der Waals surface area (Å²) in [7, 11) is 0. The van der Waals surface area contributed by atoms with E-state index in [4.69, 9.17) is 0 Å². The smallest absolute Gasteiger partial charge is 0.230 e. The van der Waals surface area contributed by atoms with E-state index in [1.165, 1.54) is 12.8 Å². The first-order valence-electron chi connectivity index (χ1n) is 10.9. The van der Waals surface area contributed by atoms with Gasteiger partial charge in [0.2, 0.25) is 17.7 Å². The van der Waals surface area contributed by atoms with Crippen LogP contribution in [0.3, 0.4) is 0 Å². The number of piperidine rings is 1. The minimum absolute atomic E-state index is 0.107. The van der Waals surface area contributed by atoms with Crippen molar-refractivity contribution in [1.29, 1.82) is 0 Å². The van der Waals surface area contributed by atoms with Gasteiger partial charge in [0.05, 0.1) is 5.41 Å². The highest BCUT2D eigenvalue weighted by Crippen LogP contribution is 2.41. The van der Waals surface area contributed by atoms with Gasteiger partial charge in [-0.15, -0.1) is 0 Å². The Labute approximate surface area is 162 Å². The molecule has 4 fully saturated rings. The maximum Gasteiger partial charge on any atom is 0.230 e. The van der Waals surface area contributed by atoms with Gasteiger partial charge in [0.25, 0.3) is 0 Å². The fraction of sp³-hybridized carbons (Fsp3) is 0.857. The van der Waals surface area contributed by atoms with Gasteiger partial charge in [-0.3, -0.25) is 14.4 Å². The average molecular weight is 376 g/mol. The summed E-state index contributed by atoms with van der Waals surface area (Å²) in [4.78, 5) is 43.8. The molecule has 3 heterocycles. The second-order valence-corrected chi connectivity index (χ2v) is 9.09. The second-order valence-electron chi connectivity index (χ2n) is 9.09. The van der Waals surface area contributed by atoms with Crippen LogP contribution in [-0.2, 0) is 14.4 Å². The summed E-state index contributed by atoms with van der Waals surface area (Å²) in [5, 5.41) is 0. The molecular formula is C21H33N3O3. The highest BCUT2D eigenvalue weighted by molar-refractivity contribution is 5.86. The van der Waals surface area contributed by atoms with E-state index in [0.29, 0.717) is 38.4 Å². The monoisotopic (exact) mass is 375 g/mol. The van der Waals surface area contributed by atoms with E-state index in [-0.39, 0.29) is 17.2 Å². The van der Waals surface area contributed by atoms with Crippen molar-refractivity contribution >= 4 is 17.7 Å². The lowest BCUT2D eigenvalue weighted by atomic mass is 9.78. The Morgan fingerprint density at radius 1 is 0.963 bits per heavy atom. The molecule has 3 saturated heterocycles. The summed E-state index contributed by atoms with van der Waals surface area (Å²) in [6, 6.07) is 0. The molecule has 3 aliphatic heterocycles. The van der Waals surface area contributed by atoms with Crippen LogP contribution in [0.5, 0.6) is 0 Å². The third-order valence-electron chi connectivity index (χ3n) is 6.97. The van der Waals surface area contributed by atoms with Gasteiger partial charge in [-0.25, -0.2) is 0 Å². The normalized spacial score (nSPS) is 29.6. The van der Waals surface area contributed by atoms with Gasteiger partial charge in [-0.1, -0.05) is 6.42 Å². The van der Waals surface area contributed by atoms with Crippen molar-refractivity contribution in [3.05, 3.63) is 0 Å². The second kappa shape index (κ2) is 7.80. The number of nitrogens with zero attached hydrogens (tertiary/aromatic N) is 3. The third-order valence-corrected chi connectivity index (χ3v) is 6.97. The topological polar surface area (TPSA) is 60.9 Å². The van der Waals surface area contributed by atoms with Crippen molar-refractivity contribution in [3.8, 4) is 0 Å². The Balaban J connectivity index is 1.30. The average Bonchev–Trinajstić information content (AvgIpc) is 3.41. The molecule has 3 amide bonds. The van der Waals surface area contributed by atoms with Crippen LogP contribution in [-0.4, -0.2) is 71.7 Å². The number of carbonyl (C=O) groups excluding carboxylic acids is 3. The largest absolute Gasteiger partial charge is 0.342 e. The predicted molar refractivity (Wildman–Crippen MR) is 102 cm³/mol. The molecule has 1 saturated carbocycles. The van der Waals surface area contributed by atoms with Crippen molar-refractivity contribution in [2.45, 2.75) is 64.2 Å². The SMILES string of the molecule is O=C1CCCCCN1CCC(=O)N1CCC2(CCCN(CC3CC3)C2=O)C1. The van der Waals surface area contributed by atoms with Crippen molar-refractivity contribution in [3.63, 3.8) is 0 Å². The standard InChI is InChI=1S/C21H33N3O3/c25-18-5-2-1-3-11-22(18)13-8-19(26)24-14-10-21(16-24)9-4-12-23(20(21)27)15-17-6-7-17/h17H,1-16H2. The van der Waals surface area contributed by atoms with Gasteiger partial charge in [-0.2, -0.15) is 0 Å². The first-order chi connectivity index (χ1) is 13.1. The van der Waals surface area contributed by atoms with Crippen molar-refractivity contribution in [2.24, 2.45) is 11.3 Å². The molecule has 150 valence electrons. The summed E-state index contributed by atoms with van der Waals surface area (Å²) in [5.74, 6) is 1.31. The maximum atomic E-state index is 13.1. The first-order valence-corrected chi connectivity index (χ1v) is 10.9. The van der Waals surface area contributed by atoms with E-state index in [0.717, 1.165) is 64.1 Å². The Morgan fingerprint density at radius 3 is 2.59 bits per heavy atom. The van der Waals surface area contributed by atoms with Gasteiger partial charge in [0, 0.05) is 52.1 Å². The fourth-order valence-corrected chi connectivity index (χ4v) is 5.07. The van der Waals surface area contributed by atoms with Gasteiger partial charge >= 0.3 is 0 Å². The molecule has 0 bridgehead atoms. The molecule has 1 spiro atoms. The van der Waals surface area contributed by atoms with Gasteiger partial charge < -0.3 is 14.7 Å². The Morgan fingerprint density at radius 2 is 1.78 bits per heavy atom. The summed E-state index contributed by atoms with van der Waals surface area (Å²) in [6.07, 6.45) is 9.42. The number of hydrogen-bond donors (Lipinski definition) is 0. The third kappa shape index (κ3) is 4.14. The molecule has 27 heavy (non-hydrogen) atoms. The van der Waals surface area contributed by atoms with Crippen molar-refractivity contribution in [2.75, 3.05) is 39.3 Å². The van der Waals surface area contributed by atoms with Crippen LogP contribution in [0.1, 0.15) is 64.2 Å². The van der Waals surface area contributed by atoms with Crippen LogP contribution in [0.25, 0.3) is 0 Å². The molecule has 0 aromatic rings. The molecule has 4 rings (SSSR count). The molecule has 4 aliphatic rings. The fourth-order valence-electron chi connectivity index (χ4n) is 5.07. The Bertz CT molecular complexity index is 603. The first kappa shape index (κ1) is 18.8. The molecule has 1 unspecified atom stereocenters. The molecule has 6 heteroatoms. The summed E-state index contributed by atoms with van der Waals surface area (Å²) >= 11 is 0. The number of amides is 3. The van der Waals surface area contributed by atoms with Gasteiger partial charge in [0.15, 0.2) is 0 Å². The number of likely N-dealkylation sites (tertiary alicyclic amines) is 3. The molecule has 6 nitrogen and oxygen atoms in total. The zero-order valence-electron chi connectivity index (χ0n) is 16.5. The van der Waals surface area contributed by atoms with Crippen LogP contribution in [0, 0.1) is 11.3 Å². The lowest BCUT2D eigenvalue weighted by molar-refractivity contribution is -0.146. The van der Waals surface area contributed by atoms with E-state index in [2.05, 4.69) is 4.90 Å². The van der Waals surface area contributed by atoms with Crippen LogP contribution in [0.15, 0.2) is 0 Å². The molecule has 0 radical (unpaired) electrons. The Kier molecular flexibility index (Phi) is 5.42. The lowest BCUT2D eigenvalue weighted by Crippen LogP contribution is -2.51. The number of hydrogen-bond acceptors (Lipinski definition) is 3. The van der Waals surface area contributed by atoms with E-state index in [1.807, 2.05) is 9.80 Å². The van der Waals surface area contributed by atoms with Crippen molar-refractivity contribution < 1.29 is 14.4 Å². The molecule has 0 aromatic carbocycles. The molecule has 1 aliphatic carbocycles.